The van der Waals surface area contributed by atoms with Crippen LogP contribution in [-0.4, -0.2) is 14.1 Å². The maximum atomic E-state index is 13.9. The summed E-state index contributed by atoms with van der Waals surface area (Å²) in [6, 6.07) is 11.1. The normalized spacial score (nSPS) is 10.7. The second-order valence-corrected chi connectivity index (χ2v) is 7.88. The maximum Gasteiger partial charge on any atom is 0.336 e. The SMILES string of the molecule is Cc1cncc(-n2c(=O)c3sc(-c4cc(F)ccc4C#N)cc3n(CCC#N)c2=O)c1. The van der Waals surface area contributed by atoms with Crippen LogP contribution in [0.4, 0.5) is 4.39 Å². The van der Waals surface area contributed by atoms with Crippen LogP contribution in [0.15, 0.2) is 52.3 Å². The van der Waals surface area contributed by atoms with Crippen LogP contribution in [0.1, 0.15) is 17.5 Å². The predicted molar refractivity (Wildman–Crippen MR) is 115 cm³/mol. The topological polar surface area (TPSA) is 104 Å². The van der Waals surface area contributed by atoms with Gasteiger partial charge in [0, 0.05) is 23.2 Å². The molecule has 152 valence electrons. The van der Waals surface area contributed by atoms with Gasteiger partial charge in [0.05, 0.1) is 41.5 Å². The van der Waals surface area contributed by atoms with Crippen LogP contribution in [0.3, 0.4) is 0 Å². The lowest BCUT2D eigenvalue weighted by Crippen LogP contribution is -2.38. The van der Waals surface area contributed by atoms with Gasteiger partial charge in [-0.3, -0.25) is 14.3 Å². The molecule has 0 saturated carbocycles. The summed E-state index contributed by atoms with van der Waals surface area (Å²) < 4.78 is 16.5. The highest BCUT2D eigenvalue weighted by Crippen LogP contribution is 2.34. The molecule has 0 spiro atoms. The number of pyridine rings is 1. The van der Waals surface area contributed by atoms with Crippen molar-refractivity contribution in [3.05, 3.63) is 80.5 Å². The van der Waals surface area contributed by atoms with Crippen LogP contribution in [0.5, 0.6) is 0 Å². The molecule has 4 aromatic rings. The van der Waals surface area contributed by atoms with Gasteiger partial charge in [0.25, 0.3) is 5.56 Å². The summed E-state index contributed by atoms with van der Waals surface area (Å²) in [5.41, 5.74) is 0.901. The van der Waals surface area contributed by atoms with Crippen molar-refractivity contribution in [1.29, 1.82) is 10.5 Å². The van der Waals surface area contributed by atoms with Crippen molar-refractivity contribution in [2.75, 3.05) is 0 Å². The molecule has 0 radical (unpaired) electrons. The number of halogens is 1. The van der Waals surface area contributed by atoms with Crippen LogP contribution in [-0.2, 0) is 6.54 Å². The van der Waals surface area contributed by atoms with Crippen LogP contribution in [0.25, 0.3) is 26.3 Å². The molecule has 0 aliphatic heterocycles. The van der Waals surface area contributed by atoms with E-state index in [4.69, 9.17) is 5.26 Å². The molecule has 3 heterocycles. The highest BCUT2D eigenvalue weighted by molar-refractivity contribution is 7.22. The van der Waals surface area contributed by atoms with E-state index in [0.29, 0.717) is 21.6 Å². The molecule has 0 fully saturated rings. The number of nitriles is 2. The van der Waals surface area contributed by atoms with E-state index in [1.807, 2.05) is 12.1 Å². The van der Waals surface area contributed by atoms with Gasteiger partial charge in [0.1, 0.15) is 10.5 Å². The lowest BCUT2D eigenvalue weighted by molar-refractivity contribution is 0.628. The fraction of sp³-hybridized carbons (Fsp3) is 0.136. The smallest absolute Gasteiger partial charge is 0.291 e. The predicted octanol–water partition coefficient (Wildman–Crippen LogP) is 3.51. The van der Waals surface area contributed by atoms with E-state index in [1.54, 1.807) is 25.3 Å². The maximum absolute atomic E-state index is 13.9. The van der Waals surface area contributed by atoms with Gasteiger partial charge < -0.3 is 0 Å². The van der Waals surface area contributed by atoms with Gasteiger partial charge in [-0.15, -0.1) is 11.3 Å². The van der Waals surface area contributed by atoms with Gasteiger partial charge in [0.15, 0.2) is 0 Å². The van der Waals surface area contributed by atoms with Crippen LogP contribution in [0, 0.1) is 35.4 Å². The van der Waals surface area contributed by atoms with Gasteiger partial charge in [0.2, 0.25) is 0 Å². The van der Waals surface area contributed by atoms with E-state index in [1.165, 1.54) is 29.0 Å². The first-order valence-electron chi connectivity index (χ1n) is 9.23. The molecule has 31 heavy (non-hydrogen) atoms. The fourth-order valence-electron chi connectivity index (χ4n) is 3.36. The molecule has 0 N–H and O–H groups in total. The number of nitrogens with zero attached hydrogens (tertiary/aromatic N) is 5. The Balaban J connectivity index is 2.07. The minimum Gasteiger partial charge on any atom is -0.291 e. The second-order valence-electron chi connectivity index (χ2n) is 6.83. The summed E-state index contributed by atoms with van der Waals surface area (Å²) in [7, 11) is 0. The van der Waals surface area contributed by atoms with E-state index < -0.39 is 17.1 Å². The van der Waals surface area contributed by atoms with Crippen LogP contribution < -0.4 is 11.2 Å². The van der Waals surface area contributed by atoms with Gasteiger partial charge in [-0.2, -0.15) is 10.5 Å². The summed E-state index contributed by atoms with van der Waals surface area (Å²) in [4.78, 5) is 31.1. The molecule has 0 aliphatic carbocycles. The largest absolute Gasteiger partial charge is 0.336 e. The first kappa shape index (κ1) is 20.2. The minimum absolute atomic E-state index is 0.0634. The third-order valence-electron chi connectivity index (χ3n) is 4.76. The molecular formula is C22H14FN5O2S. The Morgan fingerprint density at radius 2 is 1.97 bits per heavy atom. The number of hydrogen-bond acceptors (Lipinski definition) is 6. The van der Waals surface area contributed by atoms with Gasteiger partial charge in [-0.1, -0.05) is 0 Å². The Morgan fingerprint density at radius 3 is 2.68 bits per heavy atom. The van der Waals surface area contributed by atoms with Crippen molar-refractivity contribution in [3.8, 4) is 28.3 Å². The fourth-order valence-corrected chi connectivity index (χ4v) is 4.49. The summed E-state index contributed by atoms with van der Waals surface area (Å²) in [6.07, 6.45) is 3.09. The second kappa shape index (κ2) is 7.98. The molecule has 9 heteroatoms. The van der Waals surface area contributed by atoms with Gasteiger partial charge in [-0.05, 0) is 42.8 Å². The molecule has 3 aromatic heterocycles. The highest BCUT2D eigenvalue weighted by Gasteiger charge is 2.19. The molecular weight excluding hydrogens is 417 g/mol. The number of aromatic nitrogens is 3. The first-order chi connectivity index (χ1) is 14.9. The van der Waals surface area contributed by atoms with E-state index in [0.717, 1.165) is 21.5 Å². The molecule has 0 unspecified atom stereocenters. The molecule has 4 rings (SSSR count). The number of fused-ring (bicyclic) bond motifs is 1. The van der Waals surface area contributed by atoms with Gasteiger partial charge >= 0.3 is 5.69 Å². The van der Waals surface area contributed by atoms with Crippen molar-refractivity contribution in [2.24, 2.45) is 0 Å². The zero-order chi connectivity index (χ0) is 22.1. The number of hydrogen-bond donors (Lipinski definition) is 0. The van der Waals surface area contributed by atoms with Gasteiger partial charge in [-0.25, -0.2) is 13.8 Å². The van der Waals surface area contributed by atoms with Crippen molar-refractivity contribution in [1.82, 2.24) is 14.1 Å². The Kier molecular flexibility index (Phi) is 5.20. The van der Waals surface area contributed by atoms with Crippen molar-refractivity contribution >= 4 is 21.6 Å². The number of thiophene rings is 1. The third kappa shape index (κ3) is 3.52. The van der Waals surface area contributed by atoms with E-state index in [2.05, 4.69) is 4.98 Å². The minimum atomic E-state index is -0.593. The third-order valence-corrected chi connectivity index (χ3v) is 5.90. The summed E-state index contributed by atoms with van der Waals surface area (Å²) in [5, 5.41) is 18.4. The summed E-state index contributed by atoms with van der Waals surface area (Å²) in [5.74, 6) is -0.517. The quantitative estimate of drug-likeness (QED) is 0.492. The lowest BCUT2D eigenvalue weighted by Gasteiger charge is -2.11. The number of aryl methyl sites for hydroxylation is 2. The van der Waals surface area contributed by atoms with E-state index in [-0.39, 0.29) is 23.2 Å². The Morgan fingerprint density at radius 1 is 1.16 bits per heavy atom. The Bertz CT molecular complexity index is 1540. The monoisotopic (exact) mass is 431 g/mol. The standard InChI is InChI=1S/C22H14FN5O2S/c1-13-7-16(12-26-11-13)28-21(29)20-18(27(22(28)30)6-2-5-24)9-19(31-20)17-8-15(23)4-3-14(17)10-25/h3-4,7-9,11-12H,2,6H2,1H3. The Labute approximate surface area is 179 Å². The molecule has 0 saturated heterocycles. The van der Waals surface area contributed by atoms with Crippen LogP contribution >= 0.6 is 11.3 Å². The van der Waals surface area contributed by atoms with Crippen molar-refractivity contribution in [2.45, 2.75) is 19.9 Å². The average Bonchev–Trinajstić information content (AvgIpc) is 3.19. The summed E-state index contributed by atoms with van der Waals surface area (Å²) in [6.45, 7) is 1.88. The first-order valence-corrected chi connectivity index (χ1v) is 10.0. The molecule has 0 bridgehead atoms. The number of rotatable bonds is 4. The zero-order valence-electron chi connectivity index (χ0n) is 16.3. The zero-order valence-corrected chi connectivity index (χ0v) is 17.1. The van der Waals surface area contributed by atoms with E-state index in [9.17, 15) is 19.2 Å². The molecule has 1 aromatic carbocycles. The summed E-state index contributed by atoms with van der Waals surface area (Å²) >= 11 is 1.07. The lowest BCUT2D eigenvalue weighted by atomic mass is 10.1. The number of benzene rings is 1. The Hall–Kier alpha value is -4.08. The molecule has 0 aliphatic rings. The molecule has 7 nitrogen and oxygen atoms in total. The van der Waals surface area contributed by atoms with Crippen molar-refractivity contribution < 1.29 is 4.39 Å². The average molecular weight is 431 g/mol. The van der Waals surface area contributed by atoms with E-state index >= 15 is 0 Å². The van der Waals surface area contributed by atoms with Crippen molar-refractivity contribution in [3.63, 3.8) is 0 Å². The van der Waals surface area contributed by atoms with Crippen LogP contribution in [0.2, 0.25) is 0 Å². The highest BCUT2D eigenvalue weighted by atomic mass is 32.1. The molecule has 0 atom stereocenters. The molecule has 0 amide bonds.